The molecule has 0 radical (unpaired) electrons. The highest BCUT2D eigenvalue weighted by molar-refractivity contribution is 5.51. The molecular formula is C14H19FN2. The van der Waals surface area contributed by atoms with Crippen molar-refractivity contribution in [1.29, 1.82) is 0 Å². The van der Waals surface area contributed by atoms with Gasteiger partial charge in [0.2, 0.25) is 0 Å². The van der Waals surface area contributed by atoms with E-state index in [1.54, 1.807) is 6.07 Å². The molecule has 3 heteroatoms. The molecule has 1 aliphatic heterocycles. The molecule has 0 spiro atoms. The molecule has 0 saturated heterocycles. The number of hydrogen-bond donors (Lipinski definition) is 1. The highest BCUT2D eigenvalue weighted by atomic mass is 19.1. The van der Waals surface area contributed by atoms with Gasteiger partial charge < -0.3 is 10.6 Å². The summed E-state index contributed by atoms with van der Waals surface area (Å²) >= 11 is 0. The van der Waals surface area contributed by atoms with Crippen molar-refractivity contribution in [2.75, 3.05) is 18.0 Å². The molecule has 0 bridgehead atoms. The van der Waals surface area contributed by atoms with Crippen molar-refractivity contribution in [1.82, 2.24) is 0 Å². The minimum absolute atomic E-state index is 0.124. The molecule has 1 aliphatic rings. The van der Waals surface area contributed by atoms with Crippen LogP contribution in [0, 0.1) is 5.82 Å². The maximum atomic E-state index is 14.0. The second-order valence-electron chi connectivity index (χ2n) is 4.76. The molecule has 2 rings (SSSR count). The highest BCUT2D eigenvalue weighted by Gasteiger charge is 2.15. The van der Waals surface area contributed by atoms with Gasteiger partial charge in [0.05, 0.1) is 5.69 Å². The van der Waals surface area contributed by atoms with E-state index in [4.69, 9.17) is 5.73 Å². The van der Waals surface area contributed by atoms with Crippen LogP contribution in [0.1, 0.15) is 31.9 Å². The molecule has 0 amide bonds. The van der Waals surface area contributed by atoms with Crippen LogP contribution < -0.4 is 10.6 Å². The maximum absolute atomic E-state index is 14.0. The van der Waals surface area contributed by atoms with E-state index in [-0.39, 0.29) is 11.9 Å². The lowest BCUT2D eigenvalue weighted by Gasteiger charge is -2.28. The molecule has 1 heterocycles. The third kappa shape index (κ3) is 2.67. The number of rotatable bonds is 2. The Hall–Kier alpha value is -1.35. The van der Waals surface area contributed by atoms with E-state index in [1.165, 1.54) is 5.57 Å². The highest BCUT2D eigenvalue weighted by Crippen LogP contribution is 2.25. The second kappa shape index (κ2) is 4.88. The largest absolute Gasteiger partial charge is 0.365 e. The number of anilines is 1. The zero-order chi connectivity index (χ0) is 12.4. The molecule has 1 aromatic rings. The van der Waals surface area contributed by atoms with E-state index in [0.29, 0.717) is 5.69 Å². The normalized spacial score (nSPS) is 17.9. The number of halogens is 1. The Labute approximate surface area is 102 Å². The molecule has 0 unspecified atom stereocenters. The van der Waals surface area contributed by atoms with Crippen LogP contribution in [0.3, 0.4) is 0 Å². The molecule has 1 aromatic carbocycles. The zero-order valence-corrected chi connectivity index (χ0v) is 10.4. The minimum Gasteiger partial charge on any atom is -0.365 e. The topological polar surface area (TPSA) is 29.3 Å². The van der Waals surface area contributed by atoms with Crippen molar-refractivity contribution in [3.8, 4) is 0 Å². The van der Waals surface area contributed by atoms with Crippen LogP contribution in [0.2, 0.25) is 0 Å². The van der Waals surface area contributed by atoms with E-state index in [0.717, 1.165) is 25.1 Å². The monoisotopic (exact) mass is 234 g/mol. The van der Waals surface area contributed by atoms with Crippen LogP contribution in [-0.2, 0) is 0 Å². The second-order valence-corrected chi connectivity index (χ2v) is 4.76. The fourth-order valence-electron chi connectivity index (χ4n) is 2.18. The van der Waals surface area contributed by atoms with Crippen molar-refractivity contribution < 1.29 is 4.39 Å². The van der Waals surface area contributed by atoms with Crippen molar-refractivity contribution in [3.63, 3.8) is 0 Å². The fraction of sp³-hybridized carbons (Fsp3) is 0.429. The number of benzene rings is 1. The van der Waals surface area contributed by atoms with Crippen LogP contribution in [-0.4, -0.2) is 13.1 Å². The van der Waals surface area contributed by atoms with Gasteiger partial charge in [0.25, 0.3) is 0 Å². The number of hydrogen-bond acceptors (Lipinski definition) is 2. The Balaban J connectivity index is 2.25. The quantitative estimate of drug-likeness (QED) is 0.797. The lowest BCUT2D eigenvalue weighted by Crippen LogP contribution is -2.29. The summed E-state index contributed by atoms with van der Waals surface area (Å²) in [5.74, 6) is -0.172. The van der Waals surface area contributed by atoms with E-state index in [2.05, 4.69) is 17.9 Å². The van der Waals surface area contributed by atoms with E-state index in [1.807, 2.05) is 19.1 Å². The van der Waals surface area contributed by atoms with Crippen LogP contribution in [0.25, 0.3) is 0 Å². The van der Waals surface area contributed by atoms with Gasteiger partial charge in [-0.15, -0.1) is 0 Å². The van der Waals surface area contributed by atoms with Crippen molar-refractivity contribution in [2.45, 2.75) is 26.3 Å². The molecular weight excluding hydrogens is 215 g/mol. The van der Waals surface area contributed by atoms with Gasteiger partial charge in [0.1, 0.15) is 5.82 Å². The summed E-state index contributed by atoms with van der Waals surface area (Å²) in [4.78, 5) is 2.08. The Kier molecular flexibility index (Phi) is 3.48. The molecule has 2 N–H and O–H groups in total. The van der Waals surface area contributed by atoms with Gasteiger partial charge in [-0.1, -0.05) is 17.7 Å². The van der Waals surface area contributed by atoms with Crippen molar-refractivity contribution in [2.24, 2.45) is 5.73 Å². The first-order chi connectivity index (χ1) is 8.08. The molecule has 0 saturated carbocycles. The van der Waals surface area contributed by atoms with Crippen molar-refractivity contribution in [3.05, 3.63) is 41.2 Å². The van der Waals surface area contributed by atoms with Gasteiger partial charge in [-0.3, -0.25) is 0 Å². The summed E-state index contributed by atoms with van der Waals surface area (Å²) in [6.07, 6.45) is 3.20. The third-order valence-electron chi connectivity index (χ3n) is 3.17. The van der Waals surface area contributed by atoms with Gasteiger partial charge in [-0.05, 0) is 38.0 Å². The lowest BCUT2D eigenvalue weighted by atomic mass is 10.1. The summed E-state index contributed by atoms with van der Waals surface area (Å²) in [6, 6.07) is 5.18. The van der Waals surface area contributed by atoms with Crippen LogP contribution in [0.15, 0.2) is 29.8 Å². The summed E-state index contributed by atoms with van der Waals surface area (Å²) in [6.45, 7) is 5.64. The van der Waals surface area contributed by atoms with Gasteiger partial charge in [-0.25, -0.2) is 4.39 Å². The predicted molar refractivity (Wildman–Crippen MR) is 69.6 cm³/mol. The number of nitrogens with zero attached hydrogens (tertiary/aromatic N) is 1. The first-order valence-corrected chi connectivity index (χ1v) is 6.03. The number of nitrogens with two attached hydrogens (primary N) is 1. The van der Waals surface area contributed by atoms with E-state index >= 15 is 0 Å². The molecule has 1 atom stereocenters. The fourth-order valence-corrected chi connectivity index (χ4v) is 2.18. The average molecular weight is 234 g/mol. The zero-order valence-electron chi connectivity index (χ0n) is 10.4. The molecule has 92 valence electrons. The van der Waals surface area contributed by atoms with Crippen LogP contribution in [0.4, 0.5) is 10.1 Å². The summed E-state index contributed by atoms with van der Waals surface area (Å²) in [5, 5.41) is 0. The van der Waals surface area contributed by atoms with Crippen LogP contribution in [0.5, 0.6) is 0 Å². The third-order valence-corrected chi connectivity index (χ3v) is 3.17. The standard InChI is InChI=1S/C14H19FN2/c1-10-4-3-7-17(9-10)14-6-5-12(11(2)16)8-13(14)15/h4-6,8,11H,3,7,9,16H2,1-2H3/t11-/m0/s1. The molecule has 2 nitrogen and oxygen atoms in total. The Bertz CT molecular complexity index is 438. The average Bonchev–Trinajstić information content (AvgIpc) is 2.28. The molecule has 0 aliphatic carbocycles. The minimum atomic E-state index is -0.172. The van der Waals surface area contributed by atoms with Crippen LogP contribution >= 0.6 is 0 Å². The summed E-state index contributed by atoms with van der Waals surface area (Å²) in [7, 11) is 0. The van der Waals surface area contributed by atoms with E-state index in [9.17, 15) is 4.39 Å². The molecule has 0 fully saturated rings. The SMILES string of the molecule is CC1=CCCN(c2ccc([C@H](C)N)cc2F)C1. The lowest BCUT2D eigenvalue weighted by molar-refractivity contribution is 0.612. The summed E-state index contributed by atoms with van der Waals surface area (Å²) < 4.78 is 14.0. The Morgan fingerprint density at radius 1 is 1.41 bits per heavy atom. The Morgan fingerprint density at radius 2 is 2.18 bits per heavy atom. The van der Waals surface area contributed by atoms with Crippen molar-refractivity contribution >= 4 is 5.69 Å². The van der Waals surface area contributed by atoms with E-state index < -0.39 is 0 Å². The van der Waals surface area contributed by atoms with Gasteiger partial charge in [0, 0.05) is 19.1 Å². The first-order valence-electron chi connectivity index (χ1n) is 6.03. The molecule has 0 aromatic heterocycles. The molecule has 17 heavy (non-hydrogen) atoms. The first kappa shape index (κ1) is 12.1. The predicted octanol–water partition coefficient (Wildman–Crippen LogP) is 3.00. The van der Waals surface area contributed by atoms with Gasteiger partial charge >= 0.3 is 0 Å². The summed E-state index contributed by atoms with van der Waals surface area (Å²) in [5.41, 5.74) is 8.57. The Morgan fingerprint density at radius 3 is 2.76 bits per heavy atom. The van der Waals surface area contributed by atoms with Gasteiger partial charge in [0.15, 0.2) is 0 Å². The smallest absolute Gasteiger partial charge is 0.146 e. The maximum Gasteiger partial charge on any atom is 0.146 e. The van der Waals surface area contributed by atoms with Gasteiger partial charge in [-0.2, -0.15) is 0 Å².